The first-order valence-corrected chi connectivity index (χ1v) is 6.15. The second kappa shape index (κ2) is 6.73. The van der Waals surface area contributed by atoms with Crippen molar-refractivity contribution in [3.63, 3.8) is 0 Å². The number of aliphatic hydroxyl groups excluding tert-OH is 1. The van der Waals surface area contributed by atoms with E-state index < -0.39 is 11.3 Å². The zero-order valence-corrected chi connectivity index (χ0v) is 11.6. The van der Waals surface area contributed by atoms with Crippen LogP contribution in [0.2, 0.25) is 0 Å². The van der Waals surface area contributed by atoms with Crippen LogP contribution in [0.25, 0.3) is 0 Å². The second-order valence-corrected chi connectivity index (χ2v) is 4.97. The topological polar surface area (TPSA) is 92.4 Å². The van der Waals surface area contributed by atoms with Gasteiger partial charge in [-0.05, 0) is 32.0 Å². The predicted molar refractivity (Wildman–Crippen MR) is 75.7 cm³/mol. The van der Waals surface area contributed by atoms with Crippen molar-refractivity contribution in [2.24, 2.45) is 11.1 Å². The summed E-state index contributed by atoms with van der Waals surface area (Å²) in [5.74, 6) is 4.47. The Morgan fingerprint density at radius 2 is 2.10 bits per heavy atom. The quantitative estimate of drug-likeness (QED) is 0.688. The summed E-state index contributed by atoms with van der Waals surface area (Å²) < 4.78 is 0. The van der Waals surface area contributed by atoms with Crippen LogP contribution in [-0.2, 0) is 4.79 Å². The number of rotatable bonds is 4. The molecule has 1 aromatic carbocycles. The molecule has 5 nitrogen and oxygen atoms in total. The summed E-state index contributed by atoms with van der Waals surface area (Å²) in [7, 11) is 0. The van der Waals surface area contributed by atoms with Gasteiger partial charge >= 0.3 is 0 Å². The van der Waals surface area contributed by atoms with Gasteiger partial charge in [0.15, 0.2) is 0 Å². The van der Waals surface area contributed by atoms with Crippen LogP contribution in [0.3, 0.4) is 0 Å². The number of aliphatic hydroxyl groups is 1. The van der Waals surface area contributed by atoms with Gasteiger partial charge in [-0.2, -0.15) is 0 Å². The van der Waals surface area contributed by atoms with Crippen LogP contribution in [0.4, 0.5) is 0 Å². The zero-order chi connectivity index (χ0) is 15.2. The number of hydrogen-bond acceptors (Lipinski definition) is 3. The van der Waals surface area contributed by atoms with Crippen LogP contribution >= 0.6 is 0 Å². The molecule has 0 saturated heterocycles. The van der Waals surface area contributed by atoms with Gasteiger partial charge in [0, 0.05) is 17.7 Å². The van der Waals surface area contributed by atoms with E-state index in [9.17, 15) is 9.59 Å². The highest BCUT2D eigenvalue weighted by Crippen LogP contribution is 2.12. The molecule has 1 rings (SSSR count). The maximum Gasteiger partial charge on any atom is 0.251 e. The van der Waals surface area contributed by atoms with E-state index in [1.165, 1.54) is 0 Å². The van der Waals surface area contributed by atoms with E-state index in [2.05, 4.69) is 17.2 Å². The molecule has 0 spiro atoms. The van der Waals surface area contributed by atoms with Gasteiger partial charge in [0.1, 0.15) is 6.61 Å². The van der Waals surface area contributed by atoms with Crippen molar-refractivity contribution in [1.29, 1.82) is 0 Å². The monoisotopic (exact) mass is 274 g/mol. The first kappa shape index (κ1) is 15.7. The lowest BCUT2D eigenvalue weighted by atomic mass is 9.92. The van der Waals surface area contributed by atoms with Gasteiger partial charge < -0.3 is 16.2 Å². The van der Waals surface area contributed by atoms with Crippen LogP contribution in [0, 0.1) is 17.3 Å². The molecular formula is C15H18N2O3. The third kappa shape index (κ3) is 4.41. The lowest BCUT2D eigenvalue weighted by Gasteiger charge is -2.20. The molecule has 0 aromatic heterocycles. The number of carbonyl (C=O) groups is 2. The summed E-state index contributed by atoms with van der Waals surface area (Å²) >= 11 is 0. The molecule has 0 unspecified atom stereocenters. The Balaban J connectivity index is 2.76. The Morgan fingerprint density at radius 3 is 2.70 bits per heavy atom. The van der Waals surface area contributed by atoms with Gasteiger partial charge in [-0.3, -0.25) is 9.59 Å². The van der Waals surface area contributed by atoms with E-state index in [4.69, 9.17) is 10.8 Å². The molecule has 106 valence electrons. The summed E-state index contributed by atoms with van der Waals surface area (Å²) in [6.45, 7) is 3.26. The standard InChI is InChI=1S/C15H18N2O3/c1-15(2,14(16)20)10-17-13(19)12-7-3-5-11(9-12)6-4-8-18/h3,5,7,9,18H,8,10H2,1-2H3,(H2,16,20)(H,17,19). The highest BCUT2D eigenvalue weighted by atomic mass is 16.2. The molecule has 0 saturated carbocycles. The van der Waals surface area contributed by atoms with E-state index in [-0.39, 0.29) is 19.1 Å². The second-order valence-electron chi connectivity index (χ2n) is 4.97. The summed E-state index contributed by atoms with van der Waals surface area (Å²) in [6.07, 6.45) is 0. The Bertz CT molecular complexity index is 568. The van der Waals surface area contributed by atoms with Crippen LogP contribution in [0.5, 0.6) is 0 Å². The van der Waals surface area contributed by atoms with E-state index in [1.807, 2.05) is 0 Å². The molecule has 2 amide bonds. The maximum atomic E-state index is 12.0. The predicted octanol–water partition coefficient (Wildman–Crippen LogP) is 0.272. The van der Waals surface area contributed by atoms with Crippen molar-refractivity contribution in [3.8, 4) is 11.8 Å². The number of nitrogens with two attached hydrogens (primary N) is 1. The number of primary amides is 1. The van der Waals surface area contributed by atoms with Gasteiger partial charge in [-0.1, -0.05) is 17.9 Å². The van der Waals surface area contributed by atoms with Crippen molar-refractivity contribution in [2.75, 3.05) is 13.2 Å². The highest BCUT2D eigenvalue weighted by molar-refractivity contribution is 5.95. The Hall–Kier alpha value is -2.32. The van der Waals surface area contributed by atoms with Gasteiger partial charge in [0.25, 0.3) is 5.91 Å². The Labute approximate surface area is 118 Å². The summed E-state index contributed by atoms with van der Waals surface area (Å²) in [6, 6.07) is 6.72. The van der Waals surface area contributed by atoms with Crippen LogP contribution in [0.15, 0.2) is 24.3 Å². The largest absolute Gasteiger partial charge is 0.384 e. The molecule has 0 heterocycles. The molecule has 0 atom stereocenters. The smallest absolute Gasteiger partial charge is 0.251 e. The first-order chi connectivity index (χ1) is 9.36. The number of amides is 2. The van der Waals surface area contributed by atoms with Crippen molar-refractivity contribution in [3.05, 3.63) is 35.4 Å². The van der Waals surface area contributed by atoms with Crippen LogP contribution in [0.1, 0.15) is 29.8 Å². The summed E-state index contributed by atoms with van der Waals surface area (Å²) in [4.78, 5) is 23.2. The van der Waals surface area contributed by atoms with Crippen LogP contribution < -0.4 is 11.1 Å². The number of nitrogens with one attached hydrogen (secondary N) is 1. The normalized spacial score (nSPS) is 10.3. The molecule has 0 aliphatic carbocycles. The molecule has 1 aromatic rings. The molecule has 0 aliphatic rings. The van der Waals surface area contributed by atoms with E-state index in [1.54, 1.807) is 38.1 Å². The van der Waals surface area contributed by atoms with Gasteiger partial charge in [-0.15, -0.1) is 0 Å². The fourth-order valence-corrected chi connectivity index (χ4v) is 1.37. The minimum atomic E-state index is -0.802. The van der Waals surface area contributed by atoms with Crippen molar-refractivity contribution >= 4 is 11.8 Å². The van der Waals surface area contributed by atoms with E-state index >= 15 is 0 Å². The number of carbonyl (C=O) groups excluding carboxylic acids is 2. The van der Waals surface area contributed by atoms with E-state index in [0.29, 0.717) is 11.1 Å². The fraction of sp³-hybridized carbons (Fsp3) is 0.333. The summed E-state index contributed by atoms with van der Waals surface area (Å²) in [5.41, 5.74) is 5.52. The molecule has 4 N–H and O–H groups in total. The fourth-order valence-electron chi connectivity index (χ4n) is 1.37. The molecule has 0 bridgehead atoms. The first-order valence-electron chi connectivity index (χ1n) is 6.15. The van der Waals surface area contributed by atoms with Crippen LogP contribution in [-0.4, -0.2) is 30.1 Å². The average molecular weight is 274 g/mol. The van der Waals surface area contributed by atoms with Gasteiger partial charge in [0.05, 0.1) is 5.41 Å². The molecule has 5 heteroatoms. The average Bonchev–Trinajstić information content (AvgIpc) is 2.42. The van der Waals surface area contributed by atoms with Gasteiger partial charge in [0.2, 0.25) is 5.91 Å². The lowest BCUT2D eigenvalue weighted by molar-refractivity contribution is -0.125. The SMILES string of the molecule is CC(C)(CNC(=O)c1cccc(C#CCO)c1)C(N)=O. The third-order valence-corrected chi connectivity index (χ3v) is 2.79. The lowest BCUT2D eigenvalue weighted by Crippen LogP contribution is -2.42. The molecule has 0 fully saturated rings. The minimum absolute atomic E-state index is 0.160. The number of hydrogen-bond donors (Lipinski definition) is 3. The molecule has 0 aliphatic heterocycles. The zero-order valence-electron chi connectivity index (χ0n) is 11.6. The van der Waals surface area contributed by atoms with Crippen molar-refractivity contribution in [2.45, 2.75) is 13.8 Å². The van der Waals surface area contributed by atoms with Gasteiger partial charge in [-0.25, -0.2) is 0 Å². The highest BCUT2D eigenvalue weighted by Gasteiger charge is 2.25. The minimum Gasteiger partial charge on any atom is -0.384 e. The number of benzene rings is 1. The maximum absolute atomic E-state index is 12.0. The third-order valence-electron chi connectivity index (χ3n) is 2.79. The van der Waals surface area contributed by atoms with Crippen molar-refractivity contribution < 1.29 is 14.7 Å². The van der Waals surface area contributed by atoms with Crippen molar-refractivity contribution in [1.82, 2.24) is 5.32 Å². The molecule has 20 heavy (non-hydrogen) atoms. The Morgan fingerprint density at radius 1 is 1.40 bits per heavy atom. The Kier molecular flexibility index (Phi) is 5.30. The van der Waals surface area contributed by atoms with E-state index in [0.717, 1.165) is 0 Å². The molecular weight excluding hydrogens is 256 g/mol. The molecule has 0 radical (unpaired) electrons. The summed E-state index contributed by atoms with van der Waals surface area (Å²) in [5, 5.41) is 11.3.